The number of aromatic hydroxyl groups is 1. The largest absolute Gasteiger partial charge is 0.507 e. The molecule has 1 aromatic heterocycles. The molecule has 158 valence electrons. The van der Waals surface area contributed by atoms with Crippen molar-refractivity contribution in [2.45, 2.75) is 26.4 Å². The van der Waals surface area contributed by atoms with Gasteiger partial charge in [0.15, 0.2) is 11.5 Å². The average molecular weight is 402 g/mol. The van der Waals surface area contributed by atoms with Crippen molar-refractivity contribution in [3.63, 3.8) is 0 Å². The first-order valence-electron chi connectivity index (χ1n) is 9.99. The number of aromatic nitrogens is 1. The lowest BCUT2D eigenvalue weighted by molar-refractivity contribution is 0.125. The zero-order valence-electron chi connectivity index (χ0n) is 17.9. The van der Waals surface area contributed by atoms with Crippen LogP contribution in [0.25, 0.3) is 0 Å². The van der Waals surface area contributed by atoms with Crippen molar-refractivity contribution in [2.24, 2.45) is 0 Å². The minimum Gasteiger partial charge on any atom is -0.507 e. The minimum atomic E-state index is -0.366. The van der Waals surface area contributed by atoms with Crippen LogP contribution in [0.1, 0.15) is 29.8 Å². The summed E-state index contributed by atoms with van der Waals surface area (Å²) in [6.45, 7) is 7.74. The molecular weight excluding hydrogens is 370 g/mol. The molecule has 0 saturated carbocycles. The van der Waals surface area contributed by atoms with Crippen LogP contribution in [-0.2, 0) is 6.54 Å². The molecule has 1 aliphatic heterocycles. The highest BCUT2D eigenvalue weighted by atomic mass is 16.5. The van der Waals surface area contributed by atoms with Gasteiger partial charge in [0.2, 0.25) is 0 Å². The fourth-order valence-electron chi connectivity index (χ4n) is 4.08. The first-order chi connectivity index (χ1) is 13.9. The third-order valence-electron chi connectivity index (χ3n) is 5.74. The Balaban J connectivity index is 2.19. The van der Waals surface area contributed by atoms with E-state index in [4.69, 9.17) is 9.47 Å². The zero-order valence-corrected chi connectivity index (χ0v) is 17.9. The number of methoxy groups -OCH3 is 2. The summed E-state index contributed by atoms with van der Waals surface area (Å²) in [6.07, 6.45) is 0. The maximum absolute atomic E-state index is 13.4. The van der Waals surface area contributed by atoms with Gasteiger partial charge in [0.25, 0.3) is 5.56 Å². The van der Waals surface area contributed by atoms with E-state index in [0.717, 1.165) is 37.4 Å². The molecule has 2 aromatic rings. The van der Waals surface area contributed by atoms with Crippen LogP contribution in [0.5, 0.6) is 17.2 Å². The summed E-state index contributed by atoms with van der Waals surface area (Å²) >= 11 is 0. The number of nitrogens with zero attached hydrogens (tertiary/aromatic N) is 3. The van der Waals surface area contributed by atoms with Crippen molar-refractivity contribution < 1.29 is 14.6 Å². The molecule has 1 saturated heterocycles. The molecule has 29 heavy (non-hydrogen) atoms. The summed E-state index contributed by atoms with van der Waals surface area (Å²) in [5.41, 5.74) is 1.91. The molecule has 1 N–H and O–H groups in total. The normalized spacial score (nSPS) is 16.6. The topological polar surface area (TPSA) is 67.2 Å². The van der Waals surface area contributed by atoms with Gasteiger partial charge in [-0.05, 0) is 44.7 Å². The Hall–Kier alpha value is -2.51. The highest BCUT2D eigenvalue weighted by Gasteiger charge is 2.31. The van der Waals surface area contributed by atoms with Gasteiger partial charge in [0.05, 0.1) is 25.8 Å². The zero-order chi connectivity index (χ0) is 21.1. The number of likely N-dealkylation sites (N-methyl/N-ethyl adjacent to an activating group) is 1. The van der Waals surface area contributed by atoms with Crippen LogP contribution >= 0.6 is 0 Å². The Labute approximate surface area is 172 Å². The van der Waals surface area contributed by atoms with Crippen LogP contribution in [0.3, 0.4) is 0 Å². The predicted molar refractivity (Wildman–Crippen MR) is 113 cm³/mol. The SMILES string of the molecule is CCn1c(C)cc(O)c([C@@H](c2ccc(OC)c(OC)c2)N2CCN(C)CC2)c1=O. The fourth-order valence-corrected chi connectivity index (χ4v) is 4.08. The van der Waals surface area contributed by atoms with Gasteiger partial charge in [-0.1, -0.05) is 6.07 Å². The lowest BCUT2D eigenvalue weighted by atomic mass is 9.95. The number of ether oxygens (including phenoxy) is 2. The third kappa shape index (κ3) is 4.11. The summed E-state index contributed by atoms with van der Waals surface area (Å²) in [4.78, 5) is 17.9. The number of pyridine rings is 1. The van der Waals surface area contributed by atoms with Gasteiger partial charge in [-0.3, -0.25) is 9.69 Å². The summed E-state index contributed by atoms with van der Waals surface area (Å²) in [5.74, 6) is 1.27. The van der Waals surface area contributed by atoms with Crippen molar-refractivity contribution in [1.29, 1.82) is 0 Å². The molecule has 1 aliphatic rings. The Morgan fingerprint density at radius 2 is 1.72 bits per heavy atom. The van der Waals surface area contributed by atoms with Gasteiger partial charge in [-0.15, -0.1) is 0 Å². The molecule has 0 unspecified atom stereocenters. The maximum atomic E-state index is 13.4. The van der Waals surface area contributed by atoms with Gasteiger partial charge >= 0.3 is 0 Å². The van der Waals surface area contributed by atoms with Crippen LogP contribution in [0.2, 0.25) is 0 Å². The molecule has 2 heterocycles. The molecule has 0 spiro atoms. The van der Waals surface area contributed by atoms with Gasteiger partial charge < -0.3 is 24.0 Å². The number of hydrogen-bond acceptors (Lipinski definition) is 6. The molecule has 7 heteroatoms. The maximum Gasteiger partial charge on any atom is 0.259 e. The molecule has 1 aromatic carbocycles. The van der Waals surface area contributed by atoms with Gasteiger partial charge in [-0.2, -0.15) is 0 Å². The Bertz CT molecular complexity index is 917. The molecule has 7 nitrogen and oxygen atoms in total. The molecule has 1 fully saturated rings. The van der Waals surface area contributed by atoms with Crippen LogP contribution in [0.4, 0.5) is 0 Å². The Kier molecular flexibility index (Phi) is 6.49. The first kappa shape index (κ1) is 21.2. The second-order valence-electron chi connectivity index (χ2n) is 7.49. The van der Waals surface area contributed by atoms with Crippen molar-refractivity contribution in [3.8, 4) is 17.2 Å². The number of hydrogen-bond donors (Lipinski definition) is 1. The first-order valence-corrected chi connectivity index (χ1v) is 9.99. The van der Waals surface area contributed by atoms with E-state index < -0.39 is 0 Å². The molecule has 0 aliphatic carbocycles. The van der Waals surface area contributed by atoms with Crippen molar-refractivity contribution >= 4 is 0 Å². The van der Waals surface area contributed by atoms with Crippen molar-refractivity contribution in [3.05, 3.63) is 51.4 Å². The van der Waals surface area contributed by atoms with E-state index in [2.05, 4.69) is 16.8 Å². The smallest absolute Gasteiger partial charge is 0.259 e. The summed E-state index contributed by atoms with van der Waals surface area (Å²) in [5, 5.41) is 10.8. The summed E-state index contributed by atoms with van der Waals surface area (Å²) < 4.78 is 12.6. The summed E-state index contributed by atoms with van der Waals surface area (Å²) in [7, 11) is 5.29. The second-order valence-corrected chi connectivity index (χ2v) is 7.49. The van der Waals surface area contributed by atoms with Gasteiger partial charge in [-0.25, -0.2) is 0 Å². The van der Waals surface area contributed by atoms with E-state index in [1.165, 1.54) is 0 Å². The highest BCUT2D eigenvalue weighted by Crippen LogP contribution is 2.37. The lowest BCUT2D eigenvalue weighted by Crippen LogP contribution is -2.47. The van der Waals surface area contributed by atoms with Crippen LogP contribution in [0, 0.1) is 6.92 Å². The van der Waals surface area contributed by atoms with E-state index in [0.29, 0.717) is 23.6 Å². The van der Waals surface area contributed by atoms with E-state index in [1.54, 1.807) is 24.9 Å². The lowest BCUT2D eigenvalue weighted by Gasteiger charge is -2.38. The van der Waals surface area contributed by atoms with E-state index >= 15 is 0 Å². The molecule has 0 bridgehead atoms. The summed E-state index contributed by atoms with van der Waals surface area (Å²) in [6, 6.07) is 7.01. The molecule has 0 amide bonds. The highest BCUT2D eigenvalue weighted by molar-refractivity contribution is 5.48. The number of piperazine rings is 1. The van der Waals surface area contributed by atoms with Crippen LogP contribution in [-0.4, -0.2) is 66.9 Å². The molecule has 1 atom stereocenters. The number of aryl methyl sites for hydroxylation is 1. The number of rotatable bonds is 6. The quantitative estimate of drug-likeness (QED) is 0.801. The van der Waals surface area contributed by atoms with Crippen LogP contribution < -0.4 is 15.0 Å². The Morgan fingerprint density at radius 3 is 2.31 bits per heavy atom. The Morgan fingerprint density at radius 1 is 1.07 bits per heavy atom. The van der Waals surface area contributed by atoms with Gasteiger partial charge in [0, 0.05) is 38.4 Å². The fraction of sp³-hybridized carbons (Fsp3) is 0.500. The van der Waals surface area contributed by atoms with E-state index in [-0.39, 0.29) is 17.4 Å². The third-order valence-corrected chi connectivity index (χ3v) is 5.74. The monoisotopic (exact) mass is 401 g/mol. The van der Waals surface area contributed by atoms with Gasteiger partial charge in [0.1, 0.15) is 5.75 Å². The molecule has 0 radical (unpaired) electrons. The van der Waals surface area contributed by atoms with Crippen LogP contribution in [0.15, 0.2) is 29.1 Å². The van der Waals surface area contributed by atoms with Crippen molar-refractivity contribution in [2.75, 3.05) is 47.4 Å². The second kappa shape index (κ2) is 8.88. The molecule has 3 rings (SSSR count). The standard InChI is InChI=1S/C22H31N3O4/c1-6-25-15(2)13-17(26)20(22(25)27)21(24-11-9-23(3)10-12-24)16-7-8-18(28-4)19(14-16)29-5/h7-8,13-14,21,26H,6,9-12H2,1-5H3/t21-/m1/s1. The minimum absolute atomic E-state index is 0.0379. The molecular formula is C22H31N3O4. The average Bonchev–Trinajstić information content (AvgIpc) is 2.71. The van der Waals surface area contributed by atoms with E-state index in [1.807, 2.05) is 32.0 Å². The predicted octanol–water partition coefficient (Wildman–Crippen LogP) is 2.24. The van der Waals surface area contributed by atoms with E-state index in [9.17, 15) is 9.90 Å². The van der Waals surface area contributed by atoms with Crippen molar-refractivity contribution in [1.82, 2.24) is 14.4 Å². The number of benzene rings is 1.